The molecule has 0 rings (SSSR count). The fraction of sp³-hybridized carbons (Fsp3) is 0.500. The Bertz CT molecular complexity index is 532. The Hall–Kier alpha value is -1.67. The van der Waals surface area contributed by atoms with E-state index in [2.05, 4.69) is 16.6 Å². The fourth-order valence-corrected chi connectivity index (χ4v) is 2.74. The Morgan fingerprint density at radius 1 is 1.40 bits per heavy atom. The van der Waals surface area contributed by atoms with E-state index >= 15 is 0 Å². The Labute approximate surface area is 118 Å². The first-order valence-corrected chi connectivity index (χ1v) is 7.13. The van der Waals surface area contributed by atoms with Gasteiger partial charge in [-0.3, -0.25) is 9.35 Å². The highest BCUT2D eigenvalue weighted by Gasteiger charge is 2.38. The van der Waals surface area contributed by atoms with Gasteiger partial charge in [0.15, 0.2) is 0 Å². The molecule has 0 aromatic heterocycles. The van der Waals surface area contributed by atoms with Crippen molar-refractivity contribution in [3.63, 3.8) is 0 Å². The third-order valence-electron chi connectivity index (χ3n) is 2.57. The molecule has 0 radical (unpaired) electrons. The van der Waals surface area contributed by atoms with Crippen LogP contribution in [0.2, 0.25) is 0 Å². The van der Waals surface area contributed by atoms with Crippen molar-refractivity contribution in [1.29, 1.82) is 0 Å². The van der Waals surface area contributed by atoms with Crippen molar-refractivity contribution >= 4 is 22.0 Å². The van der Waals surface area contributed by atoms with E-state index in [1.165, 1.54) is 20.8 Å². The van der Waals surface area contributed by atoms with E-state index in [9.17, 15) is 22.6 Å². The van der Waals surface area contributed by atoms with Gasteiger partial charge >= 0.3 is 5.97 Å². The van der Waals surface area contributed by atoms with Crippen molar-refractivity contribution in [2.75, 3.05) is 7.11 Å². The van der Waals surface area contributed by atoms with Crippen molar-refractivity contribution in [3.05, 3.63) is 24.3 Å². The van der Waals surface area contributed by atoms with Gasteiger partial charge in [-0.1, -0.05) is 12.7 Å². The zero-order valence-electron chi connectivity index (χ0n) is 11.8. The van der Waals surface area contributed by atoms with E-state index in [1.807, 2.05) is 0 Å². The van der Waals surface area contributed by atoms with Gasteiger partial charge in [0, 0.05) is 5.57 Å². The lowest BCUT2D eigenvalue weighted by atomic mass is 9.98. The van der Waals surface area contributed by atoms with Crippen LogP contribution >= 0.6 is 0 Å². The van der Waals surface area contributed by atoms with E-state index < -0.39 is 32.8 Å². The molecular weight excluding hydrogens is 286 g/mol. The highest BCUT2D eigenvalue weighted by atomic mass is 32.2. The summed E-state index contributed by atoms with van der Waals surface area (Å²) in [5, 5.41) is 0.866. The summed E-state index contributed by atoms with van der Waals surface area (Å²) in [6, 6.07) is 0. The van der Waals surface area contributed by atoms with Crippen LogP contribution in [0.15, 0.2) is 24.3 Å². The zero-order valence-corrected chi connectivity index (χ0v) is 12.7. The van der Waals surface area contributed by atoms with E-state index in [0.717, 1.165) is 19.3 Å². The van der Waals surface area contributed by atoms with Crippen LogP contribution < -0.4 is 5.32 Å². The summed E-state index contributed by atoms with van der Waals surface area (Å²) < 4.78 is 36.7. The Morgan fingerprint density at radius 2 is 1.90 bits per heavy atom. The van der Waals surface area contributed by atoms with E-state index in [-0.39, 0.29) is 5.57 Å². The summed E-state index contributed by atoms with van der Waals surface area (Å²) in [6.45, 7) is 7.39. The first kappa shape index (κ1) is 18.3. The Morgan fingerprint density at radius 3 is 2.25 bits per heavy atom. The number of carbonyl (C=O) groups excluding carboxylic acids is 2. The van der Waals surface area contributed by atoms with Gasteiger partial charge in [-0.05, 0) is 26.8 Å². The molecule has 0 aliphatic rings. The van der Waals surface area contributed by atoms with Crippen molar-refractivity contribution in [3.8, 4) is 0 Å². The predicted molar refractivity (Wildman–Crippen MR) is 73.5 cm³/mol. The Kier molecular flexibility index (Phi) is 6.11. The minimum absolute atomic E-state index is 0.00366. The van der Waals surface area contributed by atoms with Gasteiger partial charge in [0.25, 0.3) is 10.1 Å². The molecule has 0 aromatic rings. The molecule has 0 heterocycles. The summed E-state index contributed by atoms with van der Waals surface area (Å²) in [6.07, 6.45) is 2.00. The molecule has 0 aromatic carbocycles. The third kappa shape index (κ3) is 5.14. The maximum Gasteiger partial charge on any atom is 0.333 e. The van der Waals surface area contributed by atoms with E-state index in [0.29, 0.717) is 0 Å². The van der Waals surface area contributed by atoms with Gasteiger partial charge in [0.2, 0.25) is 5.91 Å². The average molecular weight is 305 g/mol. The summed E-state index contributed by atoms with van der Waals surface area (Å²) in [5.41, 5.74) is -1.36. The lowest BCUT2D eigenvalue weighted by molar-refractivity contribution is -0.136. The predicted octanol–water partition coefficient (Wildman–Crippen LogP) is 0.443. The van der Waals surface area contributed by atoms with Crippen LogP contribution in [0.5, 0.6) is 0 Å². The standard InChI is InChI=1S/C12H19NO6S/c1-6-10(14)13-12(3,4)9(20(16,17)18)7-8(2)11(15)19-5/h6-7,9H,1H2,2-5H3,(H,13,14)(H,16,17,18)/b8-7+. The van der Waals surface area contributed by atoms with E-state index in [1.54, 1.807) is 0 Å². The zero-order chi connectivity index (χ0) is 16.1. The molecule has 0 spiro atoms. The van der Waals surface area contributed by atoms with Crippen LogP contribution in [-0.2, 0) is 24.4 Å². The maximum atomic E-state index is 11.5. The average Bonchev–Trinajstić information content (AvgIpc) is 2.32. The molecular formula is C12H19NO6S. The third-order valence-corrected chi connectivity index (χ3v) is 3.94. The molecule has 1 unspecified atom stereocenters. The number of nitrogens with one attached hydrogen (secondary N) is 1. The number of ether oxygens (including phenoxy) is 1. The van der Waals surface area contributed by atoms with Crippen LogP contribution in [0, 0.1) is 0 Å². The maximum absolute atomic E-state index is 11.5. The van der Waals surface area contributed by atoms with Crippen LogP contribution in [0.25, 0.3) is 0 Å². The largest absolute Gasteiger partial charge is 0.466 e. The smallest absolute Gasteiger partial charge is 0.333 e. The molecule has 114 valence electrons. The van der Waals surface area contributed by atoms with Gasteiger partial charge < -0.3 is 10.1 Å². The minimum atomic E-state index is -4.55. The van der Waals surface area contributed by atoms with Crippen molar-refractivity contribution in [2.24, 2.45) is 0 Å². The highest BCUT2D eigenvalue weighted by molar-refractivity contribution is 7.86. The molecule has 0 fully saturated rings. The quantitative estimate of drug-likeness (QED) is 0.419. The molecule has 20 heavy (non-hydrogen) atoms. The van der Waals surface area contributed by atoms with Crippen LogP contribution in [0.3, 0.4) is 0 Å². The molecule has 1 atom stereocenters. The molecule has 7 nitrogen and oxygen atoms in total. The number of hydrogen-bond donors (Lipinski definition) is 2. The summed E-state index contributed by atoms with van der Waals surface area (Å²) in [4.78, 5) is 22.6. The second-order valence-electron chi connectivity index (χ2n) is 4.69. The molecule has 0 saturated carbocycles. The number of methoxy groups -OCH3 is 1. The number of rotatable bonds is 6. The van der Waals surface area contributed by atoms with Gasteiger partial charge in [0.1, 0.15) is 5.25 Å². The van der Waals surface area contributed by atoms with Crippen molar-refractivity contribution in [2.45, 2.75) is 31.6 Å². The van der Waals surface area contributed by atoms with Crippen molar-refractivity contribution in [1.82, 2.24) is 5.32 Å². The molecule has 1 amide bonds. The second kappa shape index (κ2) is 6.67. The van der Waals surface area contributed by atoms with Crippen LogP contribution in [0.4, 0.5) is 0 Å². The summed E-state index contributed by atoms with van der Waals surface area (Å²) in [7, 11) is -3.40. The monoisotopic (exact) mass is 305 g/mol. The SMILES string of the molecule is C=CC(=O)NC(C)(C)C(/C=C(\C)C(=O)OC)S(=O)(=O)O. The second-order valence-corrected chi connectivity index (χ2v) is 6.23. The lowest BCUT2D eigenvalue weighted by Crippen LogP contribution is -2.54. The minimum Gasteiger partial charge on any atom is -0.466 e. The van der Waals surface area contributed by atoms with Crippen molar-refractivity contribution < 1.29 is 27.3 Å². The molecule has 0 aliphatic carbocycles. The van der Waals surface area contributed by atoms with Gasteiger partial charge in [0.05, 0.1) is 12.6 Å². The fourth-order valence-electron chi connectivity index (χ4n) is 1.56. The van der Waals surface area contributed by atoms with E-state index in [4.69, 9.17) is 0 Å². The number of amides is 1. The molecule has 0 aliphatic heterocycles. The van der Waals surface area contributed by atoms with Gasteiger partial charge in [-0.15, -0.1) is 0 Å². The molecule has 8 heteroatoms. The number of esters is 1. The summed E-state index contributed by atoms with van der Waals surface area (Å²) in [5.74, 6) is -1.34. The highest BCUT2D eigenvalue weighted by Crippen LogP contribution is 2.20. The van der Waals surface area contributed by atoms with Crippen LogP contribution in [0.1, 0.15) is 20.8 Å². The Balaban J connectivity index is 5.66. The first-order chi connectivity index (χ1) is 8.95. The topological polar surface area (TPSA) is 110 Å². The van der Waals surface area contributed by atoms with Gasteiger partial charge in [-0.25, -0.2) is 4.79 Å². The first-order valence-electron chi connectivity index (χ1n) is 5.63. The summed E-state index contributed by atoms with van der Waals surface area (Å²) >= 11 is 0. The molecule has 2 N–H and O–H groups in total. The molecule has 0 bridgehead atoms. The number of carbonyl (C=O) groups is 2. The molecule has 0 saturated heterocycles. The number of hydrogen-bond acceptors (Lipinski definition) is 5. The van der Waals surface area contributed by atoms with Crippen LogP contribution in [-0.4, -0.2) is 42.7 Å². The van der Waals surface area contributed by atoms with Gasteiger partial charge in [-0.2, -0.15) is 8.42 Å². The lowest BCUT2D eigenvalue weighted by Gasteiger charge is -2.31. The normalized spacial score (nSPS) is 14.3.